The van der Waals surface area contributed by atoms with Gasteiger partial charge in [-0.2, -0.15) is 0 Å². The Labute approximate surface area is 141 Å². The maximum Gasteiger partial charge on any atom is 0.493 e. The van der Waals surface area contributed by atoms with Crippen LogP contribution in [0.25, 0.3) is 11.0 Å². The third-order valence-electron chi connectivity index (χ3n) is 5.06. The largest absolute Gasteiger partial charge is 0.493 e. The molecule has 2 aromatic heterocycles. The number of fused-ring (bicyclic) bond motifs is 4. The molecule has 1 saturated heterocycles. The molecular formula is C15H20BN3O4S. The van der Waals surface area contributed by atoms with Gasteiger partial charge in [0.15, 0.2) is 0 Å². The van der Waals surface area contributed by atoms with E-state index < -0.39 is 22.7 Å². The molecule has 0 aliphatic carbocycles. The molecule has 128 valence electrons. The van der Waals surface area contributed by atoms with E-state index in [1.165, 1.54) is 0 Å². The van der Waals surface area contributed by atoms with Gasteiger partial charge in [-0.15, -0.1) is 0 Å². The van der Waals surface area contributed by atoms with Gasteiger partial charge < -0.3 is 14.7 Å². The number of nitrogens with one attached hydrogen (secondary N) is 1. The molecule has 2 aliphatic rings. The zero-order chi connectivity index (χ0) is 16.9. The predicted molar refractivity (Wildman–Crippen MR) is 91.3 cm³/mol. The van der Waals surface area contributed by atoms with E-state index in [0.29, 0.717) is 37.8 Å². The molecule has 0 atom stereocenters. The molecule has 1 fully saturated rings. The lowest BCUT2D eigenvalue weighted by molar-refractivity contribution is 0.0135. The molecule has 24 heavy (non-hydrogen) atoms. The van der Waals surface area contributed by atoms with Crippen molar-refractivity contribution in [2.45, 2.75) is 31.8 Å². The lowest BCUT2D eigenvalue weighted by atomic mass is 9.76. The topological polar surface area (TPSA) is 95.5 Å². The first kappa shape index (κ1) is 16.1. The Bertz CT molecular complexity index is 874. The van der Waals surface area contributed by atoms with Crippen LogP contribution in [0.3, 0.4) is 0 Å². The third-order valence-corrected chi connectivity index (χ3v) is 7.14. The van der Waals surface area contributed by atoms with Crippen LogP contribution < -0.4 is 5.46 Å². The number of aromatic nitrogens is 2. The van der Waals surface area contributed by atoms with Crippen LogP contribution in [0.4, 0.5) is 0 Å². The summed E-state index contributed by atoms with van der Waals surface area (Å²) in [6, 6.07) is 1.94. The van der Waals surface area contributed by atoms with Crippen molar-refractivity contribution in [2.75, 3.05) is 18.8 Å². The summed E-state index contributed by atoms with van der Waals surface area (Å²) < 4.78 is 32.1. The average Bonchev–Trinajstić information content (AvgIpc) is 3.11. The molecule has 7 nitrogen and oxygen atoms in total. The number of pyridine rings is 1. The first-order valence-electron chi connectivity index (χ1n) is 8.27. The molecule has 1 spiro atoms. The van der Waals surface area contributed by atoms with Gasteiger partial charge in [0, 0.05) is 36.3 Å². The van der Waals surface area contributed by atoms with Crippen molar-refractivity contribution >= 4 is 33.6 Å². The average molecular weight is 349 g/mol. The molecule has 2 N–H and O–H groups in total. The Morgan fingerprint density at radius 2 is 2.21 bits per heavy atom. The molecule has 0 aromatic carbocycles. The molecule has 4 heterocycles. The highest BCUT2D eigenvalue weighted by molar-refractivity contribution is 7.89. The minimum atomic E-state index is -3.21. The van der Waals surface area contributed by atoms with E-state index >= 15 is 0 Å². The van der Waals surface area contributed by atoms with E-state index in [4.69, 9.17) is 4.65 Å². The lowest BCUT2D eigenvalue weighted by Gasteiger charge is -2.39. The van der Waals surface area contributed by atoms with Gasteiger partial charge in [-0.05, 0) is 30.9 Å². The summed E-state index contributed by atoms with van der Waals surface area (Å²) in [5.74, 6) is 0.173. The van der Waals surface area contributed by atoms with Crippen molar-refractivity contribution in [1.82, 2.24) is 14.3 Å². The fourth-order valence-corrected chi connectivity index (χ4v) is 5.45. The van der Waals surface area contributed by atoms with E-state index in [-0.39, 0.29) is 5.75 Å². The zero-order valence-corrected chi connectivity index (χ0v) is 14.3. The summed E-state index contributed by atoms with van der Waals surface area (Å²) in [6.07, 6.45) is 5.14. The Morgan fingerprint density at radius 3 is 2.92 bits per heavy atom. The maximum atomic E-state index is 12.3. The second kappa shape index (κ2) is 5.55. The minimum absolute atomic E-state index is 0.173. The molecule has 0 amide bonds. The second-order valence-corrected chi connectivity index (χ2v) is 8.60. The summed E-state index contributed by atoms with van der Waals surface area (Å²) in [6.45, 7) is 2.68. The lowest BCUT2D eigenvalue weighted by Crippen LogP contribution is -2.46. The van der Waals surface area contributed by atoms with Gasteiger partial charge in [0.25, 0.3) is 0 Å². The van der Waals surface area contributed by atoms with Crippen LogP contribution in [0, 0.1) is 0 Å². The molecule has 0 radical (unpaired) electrons. The summed E-state index contributed by atoms with van der Waals surface area (Å²) in [5.41, 5.74) is 1.75. The minimum Gasteiger partial charge on any atom is -0.423 e. The normalized spacial score (nSPS) is 20.8. The molecule has 0 bridgehead atoms. The first-order chi connectivity index (χ1) is 11.5. The van der Waals surface area contributed by atoms with Crippen molar-refractivity contribution in [2.24, 2.45) is 0 Å². The van der Waals surface area contributed by atoms with Crippen LogP contribution in [-0.2, 0) is 20.3 Å². The molecule has 2 aromatic rings. The number of H-pyrrole nitrogens is 1. The Kier molecular flexibility index (Phi) is 3.72. The van der Waals surface area contributed by atoms with Gasteiger partial charge in [0.05, 0.1) is 11.4 Å². The Balaban J connectivity index is 1.69. The smallest absolute Gasteiger partial charge is 0.423 e. The number of piperidine rings is 1. The number of hydrogen-bond donors (Lipinski definition) is 2. The highest BCUT2D eigenvalue weighted by Crippen LogP contribution is 2.43. The van der Waals surface area contributed by atoms with Crippen LogP contribution in [0.2, 0.25) is 0 Å². The quantitative estimate of drug-likeness (QED) is 0.778. The molecule has 9 heteroatoms. The van der Waals surface area contributed by atoms with Gasteiger partial charge in [0.2, 0.25) is 10.0 Å². The monoisotopic (exact) mass is 349 g/mol. The molecule has 0 unspecified atom stereocenters. The van der Waals surface area contributed by atoms with E-state index in [9.17, 15) is 13.4 Å². The highest BCUT2D eigenvalue weighted by atomic mass is 32.2. The molecule has 0 saturated carbocycles. The van der Waals surface area contributed by atoms with Gasteiger partial charge in [0.1, 0.15) is 5.65 Å². The number of sulfonamides is 1. The fourth-order valence-electron chi connectivity index (χ4n) is 3.94. The summed E-state index contributed by atoms with van der Waals surface area (Å²) >= 11 is 0. The maximum absolute atomic E-state index is 12.3. The van der Waals surface area contributed by atoms with E-state index in [1.54, 1.807) is 10.5 Å². The SMILES string of the molecule is CCCS(=O)(=O)N1CCC2(CC1)OB(O)c1cnc3[nH]ccc3c12. The Morgan fingerprint density at radius 1 is 1.46 bits per heavy atom. The predicted octanol–water partition coefficient (Wildman–Crippen LogP) is 0.312. The fraction of sp³-hybridized carbons (Fsp3) is 0.533. The number of rotatable bonds is 3. The van der Waals surface area contributed by atoms with Crippen molar-refractivity contribution < 1.29 is 18.1 Å². The summed E-state index contributed by atoms with van der Waals surface area (Å²) in [7, 11) is -4.21. The van der Waals surface area contributed by atoms with E-state index in [0.717, 1.165) is 16.6 Å². The number of nitrogens with zero attached hydrogens (tertiary/aromatic N) is 2. The number of aromatic amines is 1. The van der Waals surface area contributed by atoms with Crippen LogP contribution in [0.1, 0.15) is 31.7 Å². The first-order valence-corrected chi connectivity index (χ1v) is 9.88. The van der Waals surface area contributed by atoms with Crippen LogP contribution >= 0.6 is 0 Å². The zero-order valence-electron chi connectivity index (χ0n) is 13.5. The third kappa shape index (κ3) is 2.30. The molecular weight excluding hydrogens is 329 g/mol. The highest BCUT2D eigenvalue weighted by Gasteiger charge is 2.50. The van der Waals surface area contributed by atoms with Crippen molar-refractivity contribution in [3.05, 3.63) is 24.0 Å². The Hall–Kier alpha value is -1.42. The van der Waals surface area contributed by atoms with Gasteiger partial charge in [-0.1, -0.05) is 6.92 Å². The summed E-state index contributed by atoms with van der Waals surface area (Å²) in [4.78, 5) is 7.40. The van der Waals surface area contributed by atoms with E-state index in [1.807, 2.05) is 19.2 Å². The van der Waals surface area contributed by atoms with Crippen molar-refractivity contribution in [3.63, 3.8) is 0 Å². The van der Waals surface area contributed by atoms with Gasteiger partial charge >= 0.3 is 7.12 Å². The van der Waals surface area contributed by atoms with Crippen LogP contribution in [0.15, 0.2) is 18.5 Å². The summed E-state index contributed by atoms with van der Waals surface area (Å²) in [5, 5.41) is 11.2. The van der Waals surface area contributed by atoms with Crippen molar-refractivity contribution in [3.8, 4) is 0 Å². The number of hydrogen-bond acceptors (Lipinski definition) is 5. The molecule has 4 rings (SSSR count). The van der Waals surface area contributed by atoms with Crippen LogP contribution in [0.5, 0.6) is 0 Å². The van der Waals surface area contributed by atoms with Crippen LogP contribution in [-0.4, -0.2) is 53.7 Å². The molecule has 2 aliphatic heterocycles. The standard InChI is InChI=1S/C15H20BN3O4S/c1-2-9-24(21,22)19-7-4-15(5-8-19)13-11-3-6-17-14(11)18-10-12(13)16(20)23-15/h3,6,10,20H,2,4-5,7-9H2,1H3,(H,17,18). The van der Waals surface area contributed by atoms with Crippen molar-refractivity contribution in [1.29, 1.82) is 0 Å². The van der Waals surface area contributed by atoms with E-state index in [2.05, 4.69) is 9.97 Å². The van der Waals surface area contributed by atoms with Gasteiger partial charge in [-0.25, -0.2) is 17.7 Å². The second-order valence-electron chi connectivity index (χ2n) is 6.51. The van der Waals surface area contributed by atoms with Gasteiger partial charge in [-0.3, -0.25) is 0 Å².